The highest BCUT2D eigenvalue weighted by molar-refractivity contribution is 5.36. The largest absolute Gasteiger partial charge is 0.497 e. The molecule has 3 nitrogen and oxygen atoms in total. The topological polar surface area (TPSA) is 21.7 Å². The van der Waals surface area contributed by atoms with Crippen LogP contribution in [-0.4, -0.2) is 38.3 Å². The normalized spacial score (nSPS) is 16.3. The molecule has 19 heavy (non-hydrogen) atoms. The Morgan fingerprint density at radius 1 is 1.21 bits per heavy atom. The van der Waals surface area contributed by atoms with Crippen molar-refractivity contribution in [1.29, 1.82) is 0 Å². The quantitative estimate of drug-likeness (QED) is 0.735. The third-order valence-corrected chi connectivity index (χ3v) is 3.51. The van der Waals surface area contributed by atoms with E-state index in [-0.39, 0.29) is 0 Å². The van der Waals surface area contributed by atoms with Crippen LogP contribution >= 0.6 is 0 Å². The first kappa shape index (κ1) is 14.2. The maximum Gasteiger partial charge on any atom is 0.131 e. The van der Waals surface area contributed by atoms with Crippen molar-refractivity contribution in [3.8, 4) is 11.5 Å². The van der Waals surface area contributed by atoms with Crippen molar-refractivity contribution < 1.29 is 9.47 Å². The van der Waals surface area contributed by atoms with Crippen molar-refractivity contribution >= 4 is 0 Å². The van der Waals surface area contributed by atoms with E-state index in [1.165, 1.54) is 32.4 Å². The molecule has 0 N–H and O–H groups in total. The molecule has 1 aromatic rings. The van der Waals surface area contributed by atoms with E-state index in [1.54, 1.807) is 7.11 Å². The van der Waals surface area contributed by atoms with Gasteiger partial charge in [0.05, 0.1) is 13.7 Å². The molecular formula is C16H24NO2. The fourth-order valence-electron chi connectivity index (χ4n) is 2.50. The number of ether oxygens (including phenoxy) is 2. The van der Waals surface area contributed by atoms with Crippen molar-refractivity contribution in [2.45, 2.75) is 32.6 Å². The Bertz CT molecular complexity index is 386. The monoisotopic (exact) mass is 262 g/mol. The molecule has 105 valence electrons. The summed E-state index contributed by atoms with van der Waals surface area (Å²) in [5, 5.41) is 0. The lowest BCUT2D eigenvalue weighted by atomic mass is 10.1. The SMILES string of the molecule is COc1cc(C)[c]c(OCCCN2CCCCC2)c1. The number of nitrogens with zero attached hydrogens (tertiary/aromatic N) is 1. The Kier molecular flexibility index (Phi) is 5.52. The van der Waals surface area contributed by atoms with Gasteiger partial charge >= 0.3 is 0 Å². The summed E-state index contributed by atoms with van der Waals surface area (Å²) in [6.07, 6.45) is 5.17. The Morgan fingerprint density at radius 3 is 2.74 bits per heavy atom. The second kappa shape index (κ2) is 7.39. The molecule has 3 heteroatoms. The number of methoxy groups -OCH3 is 1. The summed E-state index contributed by atoms with van der Waals surface area (Å²) in [6.45, 7) is 6.40. The molecule has 2 rings (SSSR count). The number of hydrogen-bond acceptors (Lipinski definition) is 3. The zero-order chi connectivity index (χ0) is 13.5. The molecule has 0 unspecified atom stereocenters. The van der Waals surface area contributed by atoms with Gasteiger partial charge in [-0.1, -0.05) is 6.42 Å². The van der Waals surface area contributed by atoms with Crippen LogP contribution < -0.4 is 9.47 Å². The van der Waals surface area contributed by atoms with Crippen LogP contribution in [0.3, 0.4) is 0 Å². The number of rotatable bonds is 6. The Balaban J connectivity index is 1.71. The molecule has 1 aromatic carbocycles. The van der Waals surface area contributed by atoms with Gasteiger partial charge in [0.15, 0.2) is 0 Å². The standard InChI is InChI=1S/C16H24NO2/c1-14-11-15(18-2)13-16(12-14)19-10-6-9-17-7-4-3-5-8-17/h11,13H,3-10H2,1-2H3. The Labute approximate surface area is 116 Å². The van der Waals surface area contributed by atoms with Crippen LogP contribution in [0, 0.1) is 13.0 Å². The number of hydrogen-bond donors (Lipinski definition) is 0. The summed E-state index contributed by atoms with van der Waals surface area (Å²) in [7, 11) is 1.68. The molecular weight excluding hydrogens is 238 g/mol. The van der Waals surface area contributed by atoms with Crippen molar-refractivity contribution in [3.63, 3.8) is 0 Å². The molecule has 0 saturated carbocycles. The van der Waals surface area contributed by atoms with E-state index in [9.17, 15) is 0 Å². The third kappa shape index (κ3) is 4.75. The van der Waals surface area contributed by atoms with Gasteiger partial charge in [0, 0.05) is 18.7 Å². The minimum Gasteiger partial charge on any atom is -0.497 e. The van der Waals surface area contributed by atoms with Gasteiger partial charge in [0.2, 0.25) is 0 Å². The van der Waals surface area contributed by atoms with Crippen LogP contribution in [0.5, 0.6) is 11.5 Å². The average molecular weight is 262 g/mol. The highest BCUT2D eigenvalue weighted by atomic mass is 16.5. The predicted octanol–water partition coefficient (Wildman–Crippen LogP) is 3.06. The van der Waals surface area contributed by atoms with Crippen molar-refractivity contribution in [3.05, 3.63) is 23.8 Å². The van der Waals surface area contributed by atoms with Gasteiger partial charge in [-0.15, -0.1) is 0 Å². The molecule has 0 aromatic heterocycles. The van der Waals surface area contributed by atoms with Crippen molar-refractivity contribution in [1.82, 2.24) is 4.90 Å². The molecule has 1 saturated heterocycles. The molecule has 0 spiro atoms. The highest BCUT2D eigenvalue weighted by Crippen LogP contribution is 2.21. The van der Waals surface area contributed by atoms with Crippen molar-refractivity contribution in [2.24, 2.45) is 0 Å². The minimum atomic E-state index is 0.750. The highest BCUT2D eigenvalue weighted by Gasteiger charge is 2.09. The predicted molar refractivity (Wildman–Crippen MR) is 77.0 cm³/mol. The lowest BCUT2D eigenvalue weighted by molar-refractivity contribution is 0.204. The number of aryl methyl sites for hydroxylation is 1. The molecule has 0 amide bonds. The first-order chi connectivity index (χ1) is 9.28. The van der Waals surface area contributed by atoms with E-state index >= 15 is 0 Å². The molecule has 1 radical (unpaired) electrons. The number of likely N-dealkylation sites (tertiary alicyclic amines) is 1. The maximum absolute atomic E-state index is 5.76. The van der Waals surface area contributed by atoms with E-state index in [0.29, 0.717) is 0 Å². The van der Waals surface area contributed by atoms with Crippen LogP contribution in [0.25, 0.3) is 0 Å². The number of benzene rings is 1. The summed E-state index contributed by atoms with van der Waals surface area (Å²) in [5.74, 6) is 1.62. The number of piperidine rings is 1. The lowest BCUT2D eigenvalue weighted by Gasteiger charge is -2.26. The second-order valence-corrected chi connectivity index (χ2v) is 5.17. The summed E-state index contributed by atoms with van der Waals surface area (Å²) in [5.41, 5.74) is 1.05. The van der Waals surface area contributed by atoms with Gasteiger partial charge in [-0.2, -0.15) is 0 Å². The molecule has 1 aliphatic heterocycles. The van der Waals surface area contributed by atoms with Gasteiger partial charge in [0.1, 0.15) is 11.5 Å². The second-order valence-electron chi connectivity index (χ2n) is 5.17. The van der Waals surface area contributed by atoms with Gasteiger partial charge in [0.25, 0.3) is 0 Å². The van der Waals surface area contributed by atoms with Gasteiger partial charge in [-0.3, -0.25) is 0 Å². The van der Waals surface area contributed by atoms with Crippen molar-refractivity contribution in [2.75, 3.05) is 33.4 Å². The maximum atomic E-state index is 5.76. The van der Waals surface area contributed by atoms with Crippen LogP contribution in [0.2, 0.25) is 0 Å². The molecule has 0 aliphatic carbocycles. The van der Waals surface area contributed by atoms with Gasteiger partial charge in [-0.25, -0.2) is 0 Å². The molecule has 0 bridgehead atoms. The first-order valence-electron chi connectivity index (χ1n) is 7.21. The molecule has 1 heterocycles. The zero-order valence-corrected chi connectivity index (χ0v) is 12.1. The summed E-state index contributed by atoms with van der Waals surface area (Å²) in [6, 6.07) is 7.06. The van der Waals surface area contributed by atoms with E-state index in [1.807, 2.05) is 19.1 Å². The van der Waals surface area contributed by atoms with Crippen LogP contribution in [-0.2, 0) is 0 Å². The minimum absolute atomic E-state index is 0.750. The Hall–Kier alpha value is -1.22. The summed E-state index contributed by atoms with van der Waals surface area (Å²) in [4.78, 5) is 2.54. The fourth-order valence-corrected chi connectivity index (χ4v) is 2.50. The van der Waals surface area contributed by atoms with E-state index in [4.69, 9.17) is 9.47 Å². The Morgan fingerprint density at radius 2 is 2.00 bits per heavy atom. The van der Waals surface area contributed by atoms with E-state index < -0.39 is 0 Å². The molecule has 1 aliphatic rings. The lowest BCUT2D eigenvalue weighted by Crippen LogP contribution is -2.31. The summed E-state index contributed by atoms with van der Waals surface area (Å²) >= 11 is 0. The van der Waals surface area contributed by atoms with E-state index in [2.05, 4.69) is 11.0 Å². The smallest absolute Gasteiger partial charge is 0.131 e. The van der Waals surface area contributed by atoms with Gasteiger partial charge in [-0.05, 0) is 50.9 Å². The van der Waals surface area contributed by atoms with E-state index in [0.717, 1.165) is 36.6 Å². The molecule has 0 atom stereocenters. The van der Waals surface area contributed by atoms with Crippen LogP contribution in [0.1, 0.15) is 31.2 Å². The van der Waals surface area contributed by atoms with Crippen LogP contribution in [0.15, 0.2) is 12.1 Å². The molecule has 1 fully saturated rings. The fraction of sp³-hybridized carbons (Fsp3) is 0.625. The van der Waals surface area contributed by atoms with Crippen LogP contribution in [0.4, 0.5) is 0 Å². The summed E-state index contributed by atoms with van der Waals surface area (Å²) < 4.78 is 11.0. The third-order valence-electron chi connectivity index (χ3n) is 3.51. The average Bonchev–Trinajstić information content (AvgIpc) is 2.44. The zero-order valence-electron chi connectivity index (χ0n) is 12.1. The first-order valence-corrected chi connectivity index (χ1v) is 7.21. The van der Waals surface area contributed by atoms with Gasteiger partial charge < -0.3 is 14.4 Å².